The lowest BCUT2D eigenvalue weighted by molar-refractivity contribution is -0.579. The Morgan fingerprint density at radius 1 is 1.38 bits per heavy atom. The molecular formula is C12H14N2O2. The molecule has 84 valence electrons. The number of pyridine rings is 2. The largest absolute Gasteiger partial charge is 0.711 e. The highest BCUT2D eigenvalue weighted by Gasteiger charge is 2.21. The number of rotatable bonds is 0. The number of hydrogen-bond acceptors (Lipinski definition) is 2. The highest BCUT2D eigenvalue weighted by Crippen LogP contribution is 2.20. The third-order valence-corrected chi connectivity index (χ3v) is 2.58. The summed E-state index contributed by atoms with van der Waals surface area (Å²) in [6.45, 7) is 5.91. The predicted octanol–water partition coefficient (Wildman–Crippen LogP) is 1.46. The average Bonchev–Trinajstić information content (AvgIpc) is 2.17. The van der Waals surface area contributed by atoms with Crippen LogP contribution in [-0.4, -0.2) is 4.98 Å². The zero-order valence-electron chi connectivity index (χ0n) is 9.57. The molecule has 2 aromatic rings. The summed E-state index contributed by atoms with van der Waals surface area (Å²) in [5.41, 5.74) is 0.563. The van der Waals surface area contributed by atoms with Gasteiger partial charge in [-0.1, -0.05) is 20.8 Å². The Labute approximate surface area is 93.1 Å². The van der Waals surface area contributed by atoms with Gasteiger partial charge < -0.3 is 5.21 Å². The van der Waals surface area contributed by atoms with Crippen LogP contribution in [0.5, 0.6) is 0 Å². The highest BCUT2D eigenvalue weighted by molar-refractivity contribution is 5.72. The van der Waals surface area contributed by atoms with E-state index in [4.69, 9.17) is 0 Å². The van der Waals surface area contributed by atoms with Crippen molar-refractivity contribution in [1.82, 2.24) is 4.98 Å². The third kappa shape index (κ3) is 1.66. The van der Waals surface area contributed by atoms with Crippen LogP contribution in [-0.2, 0) is 5.41 Å². The van der Waals surface area contributed by atoms with Gasteiger partial charge in [0.15, 0.2) is 0 Å². The van der Waals surface area contributed by atoms with Crippen molar-refractivity contribution in [2.24, 2.45) is 0 Å². The van der Waals surface area contributed by atoms with Crippen LogP contribution in [0.2, 0.25) is 0 Å². The van der Waals surface area contributed by atoms with Crippen molar-refractivity contribution in [1.29, 1.82) is 0 Å². The highest BCUT2D eigenvalue weighted by atomic mass is 16.5. The molecule has 0 spiro atoms. The van der Waals surface area contributed by atoms with Crippen molar-refractivity contribution >= 4 is 11.0 Å². The second-order valence-corrected chi connectivity index (χ2v) is 4.90. The van der Waals surface area contributed by atoms with E-state index < -0.39 is 0 Å². The van der Waals surface area contributed by atoms with E-state index in [-0.39, 0.29) is 11.0 Å². The van der Waals surface area contributed by atoms with Crippen molar-refractivity contribution < 1.29 is 4.73 Å². The van der Waals surface area contributed by atoms with E-state index in [2.05, 4.69) is 4.98 Å². The molecule has 0 aliphatic heterocycles. The van der Waals surface area contributed by atoms with Gasteiger partial charge in [-0.15, -0.1) is 0 Å². The molecule has 4 heteroatoms. The Balaban J connectivity index is 2.83. The summed E-state index contributed by atoms with van der Waals surface area (Å²) in [7, 11) is 0. The molecule has 0 bridgehead atoms. The first kappa shape index (κ1) is 10.7. The van der Waals surface area contributed by atoms with Gasteiger partial charge in [-0.25, -0.2) is 14.5 Å². The zero-order chi connectivity index (χ0) is 11.9. The lowest BCUT2D eigenvalue weighted by atomic mass is 9.87. The summed E-state index contributed by atoms with van der Waals surface area (Å²) >= 11 is 0. The van der Waals surface area contributed by atoms with E-state index >= 15 is 0 Å². The van der Waals surface area contributed by atoms with Gasteiger partial charge in [0.25, 0.3) is 5.65 Å². The summed E-state index contributed by atoms with van der Waals surface area (Å²) < 4.78 is 0.670. The maximum Gasteiger partial charge on any atom is 0.335 e. The monoisotopic (exact) mass is 218 g/mol. The smallest absolute Gasteiger partial charge is 0.335 e. The first-order chi connectivity index (χ1) is 7.39. The molecule has 0 aliphatic rings. The van der Waals surface area contributed by atoms with Gasteiger partial charge in [-0.3, -0.25) is 0 Å². The molecule has 0 radical (unpaired) electrons. The van der Waals surface area contributed by atoms with Crippen molar-refractivity contribution in [3.05, 3.63) is 45.5 Å². The molecule has 0 saturated carbocycles. The van der Waals surface area contributed by atoms with Crippen LogP contribution in [0.15, 0.2) is 29.2 Å². The van der Waals surface area contributed by atoms with Crippen LogP contribution in [0.1, 0.15) is 26.3 Å². The summed E-state index contributed by atoms with van der Waals surface area (Å²) in [6, 6.07) is 5.26. The molecule has 2 aromatic heterocycles. The van der Waals surface area contributed by atoms with Gasteiger partial charge in [0.2, 0.25) is 0 Å². The Hall–Kier alpha value is -1.84. The standard InChI is InChI=1S/C12H14N2O2/c1-12(2,3)9-7-8-5-4-6-14(16)10(8)13-11(9)15/h4-7H,1-3H3,(H,13,15). The number of nitrogens with zero attached hydrogens (tertiary/aromatic N) is 1. The number of H-pyrrole nitrogens is 1. The Morgan fingerprint density at radius 3 is 2.69 bits per heavy atom. The van der Waals surface area contributed by atoms with E-state index in [1.165, 1.54) is 6.20 Å². The van der Waals surface area contributed by atoms with E-state index in [9.17, 15) is 10.0 Å². The van der Waals surface area contributed by atoms with Gasteiger partial charge >= 0.3 is 5.56 Å². The number of hydrogen-bond donors (Lipinski definition) is 1. The summed E-state index contributed by atoms with van der Waals surface area (Å²) in [5, 5.41) is 12.2. The number of nitrogens with one attached hydrogen (secondary N) is 1. The summed E-state index contributed by atoms with van der Waals surface area (Å²) in [4.78, 5) is 14.5. The topological polar surface area (TPSA) is 59.8 Å². The Kier molecular flexibility index (Phi) is 2.22. The van der Waals surface area contributed by atoms with E-state index in [1.54, 1.807) is 12.1 Å². The molecule has 0 unspecified atom stereocenters. The SMILES string of the molecule is CC(C)(C)c1cc2ccc[n+]([O-])c2[nH]c1=O. The maximum absolute atomic E-state index is 11.8. The second kappa shape index (κ2) is 3.33. The normalized spacial score (nSPS) is 11.9. The third-order valence-electron chi connectivity index (χ3n) is 2.58. The molecule has 0 amide bonds. The Morgan fingerprint density at radius 2 is 2.06 bits per heavy atom. The van der Waals surface area contributed by atoms with Gasteiger partial charge in [0.1, 0.15) is 0 Å². The molecule has 1 N–H and O–H groups in total. The summed E-state index contributed by atoms with van der Waals surface area (Å²) in [6.07, 6.45) is 1.37. The first-order valence-corrected chi connectivity index (χ1v) is 5.15. The van der Waals surface area contributed by atoms with Crippen molar-refractivity contribution in [3.8, 4) is 0 Å². The van der Waals surface area contributed by atoms with Gasteiger partial charge in [0.05, 0.1) is 11.6 Å². The van der Waals surface area contributed by atoms with Crippen LogP contribution >= 0.6 is 0 Å². The molecule has 0 aromatic carbocycles. The fourth-order valence-corrected chi connectivity index (χ4v) is 1.70. The van der Waals surface area contributed by atoms with Crippen molar-refractivity contribution in [2.75, 3.05) is 0 Å². The lowest BCUT2D eigenvalue weighted by Crippen LogP contribution is -2.32. The molecule has 4 nitrogen and oxygen atoms in total. The first-order valence-electron chi connectivity index (χ1n) is 5.15. The van der Waals surface area contributed by atoms with E-state index in [0.717, 1.165) is 5.39 Å². The average molecular weight is 218 g/mol. The number of fused-ring (bicyclic) bond motifs is 1. The molecule has 2 heterocycles. The molecule has 0 fully saturated rings. The quantitative estimate of drug-likeness (QED) is 0.537. The number of aromatic amines is 1. The van der Waals surface area contributed by atoms with Crippen LogP contribution in [0.4, 0.5) is 0 Å². The van der Waals surface area contributed by atoms with Gasteiger partial charge in [-0.05, 0) is 23.6 Å². The minimum absolute atomic E-state index is 0.198. The van der Waals surface area contributed by atoms with Crippen LogP contribution in [0.25, 0.3) is 11.0 Å². The number of aromatic nitrogens is 2. The van der Waals surface area contributed by atoms with E-state index in [1.807, 2.05) is 26.8 Å². The maximum atomic E-state index is 11.8. The van der Waals surface area contributed by atoms with Crippen LogP contribution in [0, 0.1) is 5.21 Å². The minimum Gasteiger partial charge on any atom is -0.711 e. The van der Waals surface area contributed by atoms with Crippen molar-refractivity contribution in [3.63, 3.8) is 0 Å². The molecule has 2 rings (SSSR count). The molecule has 0 aliphatic carbocycles. The summed E-state index contributed by atoms with van der Waals surface area (Å²) in [5.74, 6) is 0. The zero-order valence-corrected chi connectivity index (χ0v) is 9.57. The fraction of sp³-hybridized carbons (Fsp3) is 0.333. The van der Waals surface area contributed by atoms with Gasteiger partial charge in [0, 0.05) is 5.56 Å². The van der Waals surface area contributed by atoms with Gasteiger partial charge in [-0.2, -0.15) is 0 Å². The minimum atomic E-state index is -0.231. The van der Waals surface area contributed by atoms with Crippen LogP contribution in [0.3, 0.4) is 0 Å². The lowest BCUT2D eigenvalue weighted by Gasteiger charge is -2.16. The fourth-order valence-electron chi connectivity index (χ4n) is 1.70. The Bertz CT molecular complexity index is 594. The molecular weight excluding hydrogens is 204 g/mol. The molecule has 16 heavy (non-hydrogen) atoms. The molecule has 0 atom stereocenters. The predicted molar refractivity (Wildman–Crippen MR) is 62.2 cm³/mol. The van der Waals surface area contributed by atoms with E-state index in [0.29, 0.717) is 15.9 Å². The van der Waals surface area contributed by atoms with Crippen molar-refractivity contribution in [2.45, 2.75) is 26.2 Å². The van der Waals surface area contributed by atoms with Crippen LogP contribution < -0.4 is 10.3 Å². The second-order valence-electron chi connectivity index (χ2n) is 4.90. The molecule has 0 saturated heterocycles.